The van der Waals surface area contributed by atoms with Crippen LogP contribution in [-0.4, -0.2) is 9.55 Å². The number of aryl methyl sites for hydroxylation is 2. The zero-order valence-electron chi connectivity index (χ0n) is 12.6. The molecule has 0 aliphatic rings. The predicted molar refractivity (Wildman–Crippen MR) is 87.3 cm³/mol. The van der Waals surface area contributed by atoms with Crippen LogP contribution in [0.3, 0.4) is 0 Å². The normalized spacial score (nSPS) is 11.2. The third-order valence-corrected chi connectivity index (χ3v) is 4.05. The number of rotatable bonds is 4. The van der Waals surface area contributed by atoms with Crippen molar-refractivity contribution in [2.24, 2.45) is 5.73 Å². The van der Waals surface area contributed by atoms with E-state index in [1.165, 1.54) is 16.6 Å². The molecule has 1 heterocycles. The molecule has 21 heavy (non-hydrogen) atoms. The molecule has 0 fully saturated rings. The van der Waals surface area contributed by atoms with Gasteiger partial charge in [-0.1, -0.05) is 30.3 Å². The second-order valence-corrected chi connectivity index (χ2v) is 5.40. The van der Waals surface area contributed by atoms with E-state index in [2.05, 4.69) is 60.9 Å². The summed E-state index contributed by atoms with van der Waals surface area (Å²) in [6.07, 6.45) is 0.868. The van der Waals surface area contributed by atoms with Gasteiger partial charge in [-0.05, 0) is 42.7 Å². The third-order valence-electron chi connectivity index (χ3n) is 4.05. The van der Waals surface area contributed by atoms with Gasteiger partial charge in [-0.3, -0.25) is 0 Å². The standard InChI is InChI=1S/C18H21N3/c1-3-21-17-9-8-14(12-19)10-16(17)20-18(21)11-15-7-5-4-6-13(15)2/h4-10H,3,11-12,19H2,1-2H3. The summed E-state index contributed by atoms with van der Waals surface area (Å²) >= 11 is 0. The zero-order chi connectivity index (χ0) is 14.8. The van der Waals surface area contributed by atoms with Crippen molar-refractivity contribution < 1.29 is 0 Å². The average molecular weight is 279 g/mol. The first-order valence-corrected chi connectivity index (χ1v) is 7.45. The molecule has 0 bridgehead atoms. The van der Waals surface area contributed by atoms with Crippen molar-refractivity contribution in [3.63, 3.8) is 0 Å². The van der Waals surface area contributed by atoms with Crippen LogP contribution in [0.2, 0.25) is 0 Å². The number of imidazole rings is 1. The largest absolute Gasteiger partial charge is 0.328 e. The molecule has 2 aromatic carbocycles. The Morgan fingerprint density at radius 3 is 2.67 bits per heavy atom. The first-order valence-electron chi connectivity index (χ1n) is 7.45. The van der Waals surface area contributed by atoms with Gasteiger partial charge in [0.1, 0.15) is 5.82 Å². The molecular formula is C18H21N3. The monoisotopic (exact) mass is 279 g/mol. The molecule has 0 spiro atoms. The summed E-state index contributed by atoms with van der Waals surface area (Å²) in [6.45, 7) is 5.81. The maximum absolute atomic E-state index is 5.73. The number of nitrogens with two attached hydrogens (primary N) is 1. The van der Waals surface area contributed by atoms with Crippen LogP contribution in [-0.2, 0) is 19.5 Å². The van der Waals surface area contributed by atoms with Crippen molar-refractivity contribution in [3.8, 4) is 0 Å². The van der Waals surface area contributed by atoms with E-state index in [1.54, 1.807) is 0 Å². The van der Waals surface area contributed by atoms with Crippen molar-refractivity contribution in [1.82, 2.24) is 9.55 Å². The lowest BCUT2D eigenvalue weighted by Gasteiger charge is -2.08. The Morgan fingerprint density at radius 2 is 1.95 bits per heavy atom. The van der Waals surface area contributed by atoms with Crippen LogP contribution in [0.4, 0.5) is 0 Å². The minimum absolute atomic E-state index is 0.558. The van der Waals surface area contributed by atoms with E-state index in [-0.39, 0.29) is 0 Å². The lowest BCUT2D eigenvalue weighted by atomic mass is 10.1. The van der Waals surface area contributed by atoms with E-state index in [9.17, 15) is 0 Å². The first kappa shape index (κ1) is 13.8. The number of hydrogen-bond donors (Lipinski definition) is 1. The fourth-order valence-electron chi connectivity index (χ4n) is 2.82. The van der Waals surface area contributed by atoms with Gasteiger partial charge in [0.15, 0.2) is 0 Å². The summed E-state index contributed by atoms with van der Waals surface area (Å²) in [7, 11) is 0. The van der Waals surface area contributed by atoms with Crippen LogP contribution in [0.1, 0.15) is 29.4 Å². The molecule has 0 amide bonds. The number of benzene rings is 2. The van der Waals surface area contributed by atoms with Gasteiger partial charge in [-0.2, -0.15) is 0 Å². The van der Waals surface area contributed by atoms with Crippen molar-refractivity contribution in [2.45, 2.75) is 33.4 Å². The molecule has 0 saturated heterocycles. The zero-order valence-corrected chi connectivity index (χ0v) is 12.6. The van der Waals surface area contributed by atoms with Gasteiger partial charge in [-0.15, -0.1) is 0 Å². The highest BCUT2D eigenvalue weighted by Gasteiger charge is 2.11. The maximum Gasteiger partial charge on any atom is 0.114 e. The summed E-state index contributed by atoms with van der Waals surface area (Å²) < 4.78 is 2.29. The molecule has 3 nitrogen and oxygen atoms in total. The Kier molecular flexibility index (Phi) is 3.76. The minimum Gasteiger partial charge on any atom is -0.328 e. The quantitative estimate of drug-likeness (QED) is 0.795. The second kappa shape index (κ2) is 5.70. The van der Waals surface area contributed by atoms with Crippen molar-refractivity contribution >= 4 is 11.0 Å². The SMILES string of the molecule is CCn1c(Cc2ccccc2C)nc2cc(CN)ccc21. The van der Waals surface area contributed by atoms with Crippen LogP contribution >= 0.6 is 0 Å². The summed E-state index contributed by atoms with van der Waals surface area (Å²) in [5.74, 6) is 1.12. The molecule has 0 radical (unpaired) electrons. The summed E-state index contributed by atoms with van der Waals surface area (Å²) in [5, 5.41) is 0. The fourth-order valence-corrected chi connectivity index (χ4v) is 2.82. The first-order chi connectivity index (χ1) is 10.2. The molecular weight excluding hydrogens is 258 g/mol. The van der Waals surface area contributed by atoms with E-state index in [1.807, 2.05) is 0 Å². The Bertz CT molecular complexity index is 771. The number of hydrogen-bond acceptors (Lipinski definition) is 2. The number of aromatic nitrogens is 2. The lowest BCUT2D eigenvalue weighted by molar-refractivity contribution is 0.733. The minimum atomic E-state index is 0.558. The summed E-state index contributed by atoms with van der Waals surface area (Å²) in [5.41, 5.74) is 11.7. The molecule has 0 saturated carbocycles. The smallest absolute Gasteiger partial charge is 0.114 e. The van der Waals surface area contributed by atoms with Gasteiger partial charge < -0.3 is 10.3 Å². The molecule has 108 valence electrons. The van der Waals surface area contributed by atoms with Gasteiger partial charge >= 0.3 is 0 Å². The molecule has 3 rings (SSSR count). The molecule has 1 aromatic heterocycles. The van der Waals surface area contributed by atoms with E-state index in [0.717, 1.165) is 29.9 Å². The molecule has 0 atom stereocenters. The van der Waals surface area contributed by atoms with Gasteiger partial charge in [0, 0.05) is 19.5 Å². The average Bonchev–Trinajstić information content (AvgIpc) is 2.85. The van der Waals surface area contributed by atoms with E-state index < -0.39 is 0 Å². The van der Waals surface area contributed by atoms with E-state index >= 15 is 0 Å². The van der Waals surface area contributed by atoms with Gasteiger partial charge in [0.2, 0.25) is 0 Å². The number of fused-ring (bicyclic) bond motifs is 1. The van der Waals surface area contributed by atoms with Crippen molar-refractivity contribution in [3.05, 3.63) is 65.0 Å². The van der Waals surface area contributed by atoms with Crippen LogP contribution < -0.4 is 5.73 Å². The lowest BCUT2D eigenvalue weighted by Crippen LogP contribution is -2.03. The fraction of sp³-hybridized carbons (Fsp3) is 0.278. The van der Waals surface area contributed by atoms with Crippen molar-refractivity contribution in [2.75, 3.05) is 0 Å². The van der Waals surface area contributed by atoms with E-state index in [4.69, 9.17) is 10.7 Å². The summed E-state index contributed by atoms with van der Waals surface area (Å²) in [4.78, 5) is 4.84. The maximum atomic E-state index is 5.73. The van der Waals surface area contributed by atoms with Crippen molar-refractivity contribution in [1.29, 1.82) is 0 Å². The molecule has 0 aliphatic heterocycles. The third kappa shape index (κ3) is 2.57. The second-order valence-electron chi connectivity index (χ2n) is 5.40. The molecule has 3 aromatic rings. The van der Waals surface area contributed by atoms with Crippen LogP contribution in [0, 0.1) is 6.92 Å². The topological polar surface area (TPSA) is 43.8 Å². The Labute approximate surface area is 125 Å². The van der Waals surface area contributed by atoms with Crippen LogP contribution in [0.5, 0.6) is 0 Å². The molecule has 2 N–H and O–H groups in total. The Morgan fingerprint density at radius 1 is 1.14 bits per heavy atom. The van der Waals surface area contributed by atoms with Gasteiger partial charge in [0.25, 0.3) is 0 Å². The number of nitrogens with zero attached hydrogens (tertiary/aromatic N) is 2. The van der Waals surface area contributed by atoms with Gasteiger partial charge in [0.05, 0.1) is 11.0 Å². The Hall–Kier alpha value is -2.13. The van der Waals surface area contributed by atoms with Gasteiger partial charge in [-0.25, -0.2) is 4.98 Å². The highest BCUT2D eigenvalue weighted by molar-refractivity contribution is 5.77. The molecule has 3 heteroatoms. The molecule has 0 aliphatic carbocycles. The van der Waals surface area contributed by atoms with Crippen LogP contribution in [0.25, 0.3) is 11.0 Å². The Balaban J connectivity index is 2.07. The van der Waals surface area contributed by atoms with Crippen LogP contribution in [0.15, 0.2) is 42.5 Å². The summed E-state index contributed by atoms with van der Waals surface area (Å²) in [6, 6.07) is 14.8. The highest BCUT2D eigenvalue weighted by atomic mass is 15.1. The highest BCUT2D eigenvalue weighted by Crippen LogP contribution is 2.21. The van der Waals surface area contributed by atoms with E-state index in [0.29, 0.717) is 6.54 Å². The molecule has 0 unspecified atom stereocenters. The predicted octanol–water partition coefficient (Wildman–Crippen LogP) is 3.41.